The van der Waals surface area contributed by atoms with Crippen LogP contribution in [0.25, 0.3) is 16.3 Å². The predicted molar refractivity (Wildman–Crippen MR) is 128 cm³/mol. The summed E-state index contributed by atoms with van der Waals surface area (Å²) in [7, 11) is 2.04. The number of fused-ring (bicyclic) bond motifs is 2. The van der Waals surface area contributed by atoms with Gasteiger partial charge in [0.25, 0.3) is 5.01 Å². The molecular weight excluding hydrogens is 420 g/mol. The molecule has 6 heteroatoms. The van der Waals surface area contributed by atoms with Crippen LogP contribution < -0.4 is 19.3 Å². The molecule has 168 valence electrons. The normalized spacial score (nSPS) is 14.8. The topological polar surface area (TPSA) is 56.5 Å². The van der Waals surface area contributed by atoms with Crippen LogP contribution in [0.4, 0.5) is 5.69 Å². The maximum atomic E-state index is 10.7. The Labute approximate surface area is 193 Å². The monoisotopic (exact) mass is 450 g/mol. The summed E-state index contributed by atoms with van der Waals surface area (Å²) in [5, 5.41) is 11.8. The number of hydrogen-bond donors (Lipinski definition) is 0. The van der Waals surface area contributed by atoms with Crippen LogP contribution in [0.15, 0.2) is 48.3 Å². The molecule has 0 unspecified atom stereocenters. The number of carboxylic acid groups (broad SMARTS) is 1. The first kappa shape index (κ1) is 22.3. The number of anilines is 1. The van der Waals surface area contributed by atoms with E-state index in [2.05, 4.69) is 78.8 Å². The van der Waals surface area contributed by atoms with E-state index in [0.717, 1.165) is 41.7 Å². The average molecular weight is 451 g/mol. The van der Waals surface area contributed by atoms with E-state index in [-0.39, 0.29) is 11.8 Å². The molecule has 0 N–H and O–H groups in total. The highest BCUT2D eigenvalue weighted by Crippen LogP contribution is 2.41. The third kappa shape index (κ3) is 4.65. The molecule has 4 rings (SSSR count). The zero-order valence-corrected chi connectivity index (χ0v) is 20.0. The fraction of sp³-hybridized carbons (Fsp3) is 0.385. The number of aromatic nitrogens is 1. The van der Waals surface area contributed by atoms with Crippen molar-refractivity contribution in [1.29, 1.82) is 0 Å². The van der Waals surface area contributed by atoms with Crippen LogP contribution in [0, 0.1) is 0 Å². The fourth-order valence-electron chi connectivity index (χ4n) is 3.97. The first-order valence-electron chi connectivity index (χ1n) is 11.1. The maximum absolute atomic E-state index is 10.7. The van der Waals surface area contributed by atoms with Crippen LogP contribution >= 0.6 is 11.3 Å². The van der Waals surface area contributed by atoms with E-state index in [0.29, 0.717) is 6.42 Å². The molecule has 0 aliphatic carbocycles. The van der Waals surface area contributed by atoms with Crippen molar-refractivity contribution in [3.05, 3.63) is 58.9 Å². The second-order valence-corrected chi connectivity index (χ2v) is 10.4. The molecular formula is C26H30N2O3S. The molecule has 1 aromatic heterocycles. The van der Waals surface area contributed by atoms with Crippen molar-refractivity contribution in [2.24, 2.45) is 0 Å². The van der Waals surface area contributed by atoms with E-state index in [1.54, 1.807) is 11.3 Å². The zero-order chi connectivity index (χ0) is 22.9. The number of carboxylic acids is 1. The van der Waals surface area contributed by atoms with Crippen molar-refractivity contribution in [2.45, 2.75) is 58.4 Å². The van der Waals surface area contributed by atoms with Gasteiger partial charge in [-0.1, -0.05) is 50.3 Å². The van der Waals surface area contributed by atoms with Gasteiger partial charge in [0.2, 0.25) is 11.4 Å². The number of hydrogen-bond acceptors (Lipinski definition) is 5. The predicted octanol–water partition coefficient (Wildman–Crippen LogP) is 4.62. The van der Waals surface area contributed by atoms with Gasteiger partial charge in [0.1, 0.15) is 4.70 Å². The summed E-state index contributed by atoms with van der Waals surface area (Å²) in [4.78, 5) is 12.8. The number of aryl methyl sites for hydroxylation is 1. The zero-order valence-electron chi connectivity index (χ0n) is 19.2. The molecule has 0 spiro atoms. The lowest BCUT2D eigenvalue weighted by molar-refractivity contribution is -0.669. The number of unbranched alkanes of at least 4 members (excludes halogenated alkanes) is 2. The maximum Gasteiger partial charge on any atom is 0.268 e. The smallest absolute Gasteiger partial charge is 0.268 e. The molecule has 0 atom stereocenters. The Kier molecular flexibility index (Phi) is 6.24. The van der Waals surface area contributed by atoms with Gasteiger partial charge in [0, 0.05) is 25.5 Å². The average Bonchev–Trinajstić information content (AvgIpc) is 3.24. The lowest BCUT2D eigenvalue weighted by Gasteiger charge is -2.20. The van der Waals surface area contributed by atoms with E-state index in [1.807, 2.05) is 7.05 Å². The minimum Gasteiger partial charge on any atom is -0.550 e. The Morgan fingerprint density at radius 1 is 1.16 bits per heavy atom. The number of carbonyl (C=O) groups is 1. The SMILES string of the molecule is CN1/C(=C/c2sc3ccccc3[n+]2CCCCCC(=O)[O-])Oc2ccc(C(C)(C)C)cc21. The minimum absolute atomic E-state index is 0.0769. The number of benzene rings is 2. The van der Waals surface area contributed by atoms with Crippen molar-refractivity contribution < 1.29 is 19.2 Å². The standard InChI is InChI=1S/C26H30N2O3S/c1-26(2,3)18-13-14-21-20(16-18)27(4)23(31-21)17-24-28(15-9-5-6-12-25(29)30)19-10-7-8-11-22(19)32-24/h7-8,10-11,13-14,16-17H,5-6,9,12,15H2,1-4H3. The van der Waals surface area contributed by atoms with Gasteiger partial charge in [0.05, 0.1) is 11.8 Å². The number of rotatable bonds is 7. The third-order valence-corrected chi connectivity index (χ3v) is 6.99. The van der Waals surface area contributed by atoms with Crippen LogP contribution in [0.1, 0.15) is 57.0 Å². The van der Waals surface area contributed by atoms with Crippen molar-refractivity contribution in [2.75, 3.05) is 11.9 Å². The lowest BCUT2D eigenvalue weighted by Crippen LogP contribution is -2.35. The summed E-state index contributed by atoms with van der Waals surface area (Å²) >= 11 is 1.74. The molecule has 2 heterocycles. The fourth-order valence-corrected chi connectivity index (χ4v) is 5.09. The highest BCUT2D eigenvalue weighted by molar-refractivity contribution is 7.18. The van der Waals surface area contributed by atoms with Crippen molar-refractivity contribution in [1.82, 2.24) is 0 Å². The van der Waals surface area contributed by atoms with E-state index in [4.69, 9.17) is 4.74 Å². The number of aliphatic carboxylic acids is 1. The molecule has 0 bridgehead atoms. The number of para-hydroxylation sites is 1. The van der Waals surface area contributed by atoms with Gasteiger partial charge < -0.3 is 19.5 Å². The van der Waals surface area contributed by atoms with Crippen molar-refractivity contribution in [3.8, 4) is 5.75 Å². The Morgan fingerprint density at radius 2 is 1.94 bits per heavy atom. The van der Waals surface area contributed by atoms with Crippen LogP contribution in [-0.2, 0) is 16.8 Å². The van der Waals surface area contributed by atoms with E-state index >= 15 is 0 Å². The highest BCUT2D eigenvalue weighted by atomic mass is 32.1. The Morgan fingerprint density at radius 3 is 2.69 bits per heavy atom. The molecule has 0 saturated carbocycles. The second kappa shape index (κ2) is 8.94. The van der Waals surface area contributed by atoms with Gasteiger partial charge in [0.15, 0.2) is 12.3 Å². The van der Waals surface area contributed by atoms with Gasteiger partial charge in [-0.3, -0.25) is 0 Å². The van der Waals surface area contributed by atoms with E-state index in [9.17, 15) is 9.90 Å². The molecule has 0 fully saturated rings. The highest BCUT2D eigenvalue weighted by Gasteiger charge is 2.28. The summed E-state index contributed by atoms with van der Waals surface area (Å²) in [5.41, 5.74) is 3.63. The van der Waals surface area contributed by atoms with Crippen LogP contribution in [0.2, 0.25) is 0 Å². The number of nitrogens with zero attached hydrogens (tertiary/aromatic N) is 2. The van der Waals surface area contributed by atoms with Gasteiger partial charge >= 0.3 is 0 Å². The molecule has 5 nitrogen and oxygen atoms in total. The molecule has 0 radical (unpaired) electrons. The Hall–Kier alpha value is -2.86. The molecule has 3 aromatic rings. The minimum atomic E-state index is -0.973. The summed E-state index contributed by atoms with van der Waals surface area (Å²) in [5.74, 6) is 0.713. The van der Waals surface area contributed by atoms with Crippen molar-refractivity contribution in [3.63, 3.8) is 0 Å². The molecule has 2 aromatic carbocycles. The van der Waals surface area contributed by atoms with Crippen molar-refractivity contribution >= 4 is 39.3 Å². The van der Waals surface area contributed by atoms with E-state index in [1.165, 1.54) is 15.8 Å². The first-order chi connectivity index (χ1) is 15.2. The van der Waals surface area contributed by atoms with Gasteiger partial charge in [-0.05, 0) is 48.4 Å². The van der Waals surface area contributed by atoms with Gasteiger partial charge in [-0.15, -0.1) is 0 Å². The first-order valence-corrected chi connectivity index (χ1v) is 11.9. The van der Waals surface area contributed by atoms with Crippen LogP contribution in [0.3, 0.4) is 0 Å². The van der Waals surface area contributed by atoms with E-state index < -0.39 is 5.97 Å². The Balaban J connectivity index is 1.61. The molecule has 1 aliphatic heterocycles. The Bertz CT molecular complexity index is 1170. The van der Waals surface area contributed by atoms with Crippen LogP contribution in [0.5, 0.6) is 5.75 Å². The largest absolute Gasteiger partial charge is 0.550 e. The number of carbonyl (C=O) groups excluding carboxylic acids is 1. The summed E-state index contributed by atoms with van der Waals surface area (Å²) < 4.78 is 9.76. The molecule has 32 heavy (non-hydrogen) atoms. The summed E-state index contributed by atoms with van der Waals surface area (Å²) in [6.07, 6.45) is 4.67. The second-order valence-electron chi connectivity index (χ2n) is 9.32. The molecule has 0 amide bonds. The number of ether oxygens (including phenoxy) is 1. The summed E-state index contributed by atoms with van der Waals surface area (Å²) in [6.45, 7) is 7.48. The summed E-state index contributed by atoms with van der Waals surface area (Å²) in [6, 6.07) is 14.8. The van der Waals surface area contributed by atoms with Crippen LogP contribution in [-0.4, -0.2) is 13.0 Å². The lowest BCUT2D eigenvalue weighted by atomic mass is 9.87. The number of thiazole rings is 1. The molecule has 0 saturated heterocycles. The quantitative estimate of drug-likeness (QED) is 0.389. The van der Waals surface area contributed by atoms with Gasteiger partial charge in [-0.2, -0.15) is 4.57 Å². The molecule has 1 aliphatic rings. The third-order valence-electron chi connectivity index (χ3n) is 5.88. The van der Waals surface area contributed by atoms with Gasteiger partial charge in [-0.25, -0.2) is 0 Å².